The second kappa shape index (κ2) is 44.6. The molecule has 0 saturated heterocycles. The Balaban J connectivity index is 4.41. The molecule has 320 valence electrons. The molecule has 0 bridgehead atoms. The maximum absolute atomic E-state index is 12.7. The largest absolute Gasteiger partial charge is 0.462 e. The summed E-state index contributed by atoms with van der Waals surface area (Å²) in [7, 11) is 0. The van der Waals surface area contributed by atoms with Gasteiger partial charge in [-0.2, -0.15) is 0 Å². The molecule has 0 radical (unpaired) electrons. The Labute approximate surface area is 344 Å². The molecular weight excluding hydrogens is 697 g/mol. The van der Waals surface area contributed by atoms with Crippen molar-refractivity contribution in [2.75, 3.05) is 13.2 Å². The summed E-state index contributed by atoms with van der Waals surface area (Å²) in [5.74, 6) is -0.983. The van der Waals surface area contributed by atoms with Crippen LogP contribution in [0.1, 0.15) is 207 Å². The SMILES string of the molecule is CC\C=C/C=C\C=C/C=C\CCCCCC(=O)OC(COC(=O)CCCC/C=C\C/C=C\CC)COC(=O)CCCCCCCCCCCCCCCCCC. The number of hydrogen-bond donors (Lipinski definition) is 0. The first-order valence-corrected chi connectivity index (χ1v) is 23.0. The number of carbonyl (C=O) groups is 3. The Morgan fingerprint density at radius 1 is 0.393 bits per heavy atom. The lowest BCUT2D eigenvalue weighted by Gasteiger charge is -2.18. The second-order valence-corrected chi connectivity index (χ2v) is 15.0. The van der Waals surface area contributed by atoms with E-state index in [-0.39, 0.29) is 37.5 Å². The normalized spacial score (nSPS) is 12.7. The summed E-state index contributed by atoms with van der Waals surface area (Å²) in [5.41, 5.74) is 0. The third-order valence-electron chi connectivity index (χ3n) is 9.55. The van der Waals surface area contributed by atoms with E-state index in [1.54, 1.807) is 0 Å². The first-order valence-electron chi connectivity index (χ1n) is 23.0. The lowest BCUT2D eigenvalue weighted by Crippen LogP contribution is -2.30. The van der Waals surface area contributed by atoms with Crippen molar-refractivity contribution >= 4 is 17.9 Å². The van der Waals surface area contributed by atoms with Gasteiger partial charge >= 0.3 is 17.9 Å². The van der Waals surface area contributed by atoms with Crippen molar-refractivity contribution < 1.29 is 28.6 Å². The average Bonchev–Trinajstić information content (AvgIpc) is 3.19. The fourth-order valence-electron chi connectivity index (χ4n) is 6.14. The van der Waals surface area contributed by atoms with Crippen LogP contribution in [0, 0.1) is 0 Å². The number of allylic oxidation sites excluding steroid dienone is 12. The Kier molecular flexibility index (Phi) is 42.1. The number of rotatable bonds is 40. The monoisotopic (exact) mass is 781 g/mol. The molecule has 0 amide bonds. The Morgan fingerprint density at radius 2 is 0.786 bits per heavy atom. The molecule has 56 heavy (non-hydrogen) atoms. The Morgan fingerprint density at radius 3 is 1.32 bits per heavy atom. The van der Waals surface area contributed by atoms with Crippen LogP contribution in [0.2, 0.25) is 0 Å². The van der Waals surface area contributed by atoms with Crippen LogP contribution >= 0.6 is 0 Å². The zero-order chi connectivity index (χ0) is 40.8. The van der Waals surface area contributed by atoms with E-state index in [0.29, 0.717) is 19.3 Å². The van der Waals surface area contributed by atoms with E-state index >= 15 is 0 Å². The lowest BCUT2D eigenvalue weighted by molar-refractivity contribution is -0.167. The van der Waals surface area contributed by atoms with E-state index in [9.17, 15) is 14.4 Å². The fourth-order valence-corrected chi connectivity index (χ4v) is 6.14. The van der Waals surface area contributed by atoms with Gasteiger partial charge in [-0.05, 0) is 64.2 Å². The number of ether oxygens (including phenoxy) is 3. The lowest BCUT2D eigenvalue weighted by atomic mass is 10.0. The van der Waals surface area contributed by atoms with Crippen LogP contribution in [-0.2, 0) is 28.6 Å². The van der Waals surface area contributed by atoms with Crippen LogP contribution < -0.4 is 0 Å². The van der Waals surface area contributed by atoms with Crippen LogP contribution in [0.15, 0.2) is 72.9 Å². The molecule has 0 aliphatic carbocycles. The highest BCUT2D eigenvalue weighted by molar-refractivity contribution is 5.71. The number of unbranched alkanes of at least 4 members (excludes halogenated alkanes) is 20. The number of hydrogen-bond acceptors (Lipinski definition) is 6. The van der Waals surface area contributed by atoms with Crippen LogP contribution in [0.5, 0.6) is 0 Å². The van der Waals surface area contributed by atoms with Gasteiger partial charge in [-0.15, -0.1) is 0 Å². The predicted molar refractivity (Wildman–Crippen MR) is 238 cm³/mol. The van der Waals surface area contributed by atoms with Gasteiger partial charge < -0.3 is 14.2 Å². The molecule has 0 spiro atoms. The van der Waals surface area contributed by atoms with Crippen LogP contribution in [-0.4, -0.2) is 37.2 Å². The van der Waals surface area contributed by atoms with Gasteiger partial charge in [-0.25, -0.2) is 0 Å². The summed E-state index contributed by atoms with van der Waals surface area (Å²) >= 11 is 0. The smallest absolute Gasteiger partial charge is 0.306 e. The highest BCUT2D eigenvalue weighted by Gasteiger charge is 2.19. The van der Waals surface area contributed by atoms with Crippen molar-refractivity contribution in [2.24, 2.45) is 0 Å². The summed E-state index contributed by atoms with van der Waals surface area (Å²) in [4.78, 5) is 37.7. The molecule has 0 aliphatic heterocycles. The van der Waals surface area contributed by atoms with Crippen molar-refractivity contribution in [1.82, 2.24) is 0 Å². The molecule has 0 aromatic heterocycles. The summed E-state index contributed by atoms with van der Waals surface area (Å²) in [6.07, 6.45) is 54.7. The van der Waals surface area contributed by atoms with Crippen LogP contribution in [0.3, 0.4) is 0 Å². The van der Waals surface area contributed by atoms with Crippen molar-refractivity contribution in [3.05, 3.63) is 72.9 Å². The van der Waals surface area contributed by atoms with Crippen molar-refractivity contribution in [3.63, 3.8) is 0 Å². The minimum atomic E-state index is -0.804. The van der Waals surface area contributed by atoms with Gasteiger partial charge in [0, 0.05) is 19.3 Å². The minimum absolute atomic E-state index is 0.101. The van der Waals surface area contributed by atoms with Gasteiger partial charge in [0.05, 0.1) is 0 Å². The van der Waals surface area contributed by atoms with Crippen molar-refractivity contribution in [2.45, 2.75) is 213 Å². The zero-order valence-electron chi connectivity index (χ0n) is 36.4. The molecule has 6 nitrogen and oxygen atoms in total. The standard InChI is InChI=1S/C50H84O6/c1-4-7-10-13-16-19-21-23-24-25-27-28-31-34-37-40-43-49(52)55-46-47(45-54-48(51)42-39-36-33-30-18-15-12-9-6-3)56-50(53)44-41-38-35-32-29-26-22-20-17-14-11-8-5-2/h8-9,11-12,14,17-18,20,22,26,29-30,47H,4-7,10,13,15-16,19,21,23-25,27-28,31-46H2,1-3H3/b11-8-,12-9-,17-14-,22-20-,29-26-,30-18-. The van der Waals surface area contributed by atoms with E-state index < -0.39 is 6.10 Å². The Bertz CT molecular complexity index is 1080. The quantitative estimate of drug-likeness (QED) is 0.0203. The van der Waals surface area contributed by atoms with Crippen LogP contribution in [0.4, 0.5) is 0 Å². The molecule has 0 aromatic rings. The van der Waals surface area contributed by atoms with Gasteiger partial charge in [-0.3, -0.25) is 14.4 Å². The average molecular weight is 781 g/mol. The molecule has 0 aliphatic rings. The molecular formula is C50H84O6. The third kappa shape index (κ3) is 42.0. The molecule has 0 fully saturated rings. The van der Waals surface area contributed by atoms with E-state index in [4.69, 9.17) is 14.2 Å². The summed E-state index contributed by atoms with van der Waals surface area (Å²) in [6, 6.07) is 0. The summed E-state index contributed by atoms with van der Waals surface area (Å²) < 4.78 is 16.6. The minimum Gasteiger partial charge on any atom is -0.462 e. The van der Waals surface area contributed by atoms with Gasteiger partial charge in [0.1, 0.15) is 13.2 Å². The van der Waals surface area contributed by atoms with E-state index in [0.717, 1.165) is 77.0 Å². The van der Waals surface area contributed by atoms with E-state index in [2.05, 4.69) is 57.2 Å². The number of esters is 3. The zero-order valence-corrected chi connectivity index (χ0v) is 36.4. The van der Waals surface area contributed by atoms with Crippen molar-refractivity contribution in [3.8, 4) is 0 Å². The van der Waals surface area contributed by atoms with E-state index in [1.807, 2.05) is 36.5 Å². The first-order chi connectivity index (χ1) is 27.5. The third-order valence-corrected chi connectivity index (χ3v) is 9.55. The van der Waals surface area contributed by atoms with E-state index in [1.165, 1.54) is 83.5 Å². The maximum Gasteiger partial charge on any atom is 0.306 e. The molecule has 0 N–H and O–H groups in total. The first kappa shape index (κ1) is 52.9. The predicted octanol–water partition coefficient (Wildman–Crippen LogP) is 14.7. The molecule has 6 heteroatoms. The molecule has 0 aromatic carbocycles. The molecule has 1 unspecified atom stereocenters. The van der Waals surface area contributed by atoms with Gasteiger partial charge in [-0.1, -0.05) is 196 Å². The second-order valence-electron chi connectivity index (χ2n) is 15.0. The van der Waals surface area contributed by atoms with Crippen molar-refractivity contribution in [1.29, 1.82) is 0 Å². The topological polar surface area (TPSA) is 78.9 Å². The van der Waals surface area contributed by atoms with Crippen LogP contribution in [0.25, 0.3) is 0 Å². The fraction of sp³-hybridized carbons (Fsp3) is 0.700. The highest BCUT2D eigenvalue weighted by atomic mass is 16.6. The Hall–Kier alpha value is -3.15. The maximum atomic E-state index is 12.7. The summed E-state index contributed by atoms with van der Waals surface area (Å²) in [5, 5.41) is 0. The molecule has 1 atom stereocenters. The highest BCUT2D eigenvalue weighted by Crippen LogP contribution is 2.15. The summed E-state index contributed by atoms with van der Waals surface area (Å²) in [6.45, 7) is 6.30. The molecule has 0 rings (SSSR count). The van der Waals surface area contributed by atoms with Gasteiger partial charge in [0.25, 0.3) is 0 Å². The van der Waals surface area contributed by atoms with Gasteiger partial charge in [0.2, 0.25) is 0 Å². The molecule has 0 heterocycles. The number of carbonyl (C=O) groups excluding carboxylic acids is 3. The van der Waals surface area contributed by atoms with Gasteiger partial charge in [0.15, 0.2) is 6.10 Å². The molecule has 0 saturated carbocycles.